The molecule has 0 aromatic heterocycles. The summed E-state index contributed by atoms with van der Waals surface area (Å²) in [5.41, 5.74) is 3.82. The highest BCUT2D eigenvalue weighted by Crippen LogP contribution is 2.54. The van der Waals surface area contributed by atoms with Crippen LogP contribution in [0.5, 0.6) is 5.75 Å². The Labute approximate surface area is 256 Å². The summed E-state index contributed by atoms with van der Waals surface area (Å²) in [6.07, 6.45) is 0.216. The van der Waals surface area contributed by atoms with Crippen molar-refractivity contribution in [1.29, 1.82) is 0 Å². The molecular weight excluding hydrogens is 653 g/mol. The lowest BCUT2D eigenvalue weighted by atomic mass is 9.57. The number of amides is 1. The highest BCUT2D eigenvalue weighted by atomic mass is 127. The van der Waals surface area contributed by atoms with Gasteiger partial charge >= 0.3 is 0 Å². The summed E-state index contributed by atoms with van der Waals surface area (Å²) in [5.74, 6) is -0.935. The fourth-order valence-corrected chi connectivity index (χ4v) is 6.82. The minimum absolute atomic E-state index is 0.00407. The van der Waals surface area contributed by atoms with Gasteiger partial charge in [-0.05, 0) is 91.3 Å². The summed E-state index contributed by atoms with van der Waals surface area (Å²) in [6, 6.07) is 8.07. The van der Waals surface area contributed by atoms with Gasteiger partial charge in [0, 0.05) is 40.4 Å². The van der Waals surface area contributed by atoms with Crippen molar-refractivity contribution in [3.63, 3.8) is 0 Å². The summed E-state index contributed by atoms with van der Waals surface area (Å²) in [6.45, 7) is 0. The largest absolute Gasteiger partial charge is 0.508 e. The first-order valence-electron chi connectivity index (χ1n) is 13.2. The number of phenolic OH excluding ortho intramolecular Hbond substituents is 1. The first-order valence-corrected chi connectivity index (χ1v) is 14.3. The van der Waals surface area contributed by atoms with E-state index in [1.54, 1.807) is 34.3 Å². The molecule has 6 N–H and O–H groups in total. The number of rotatable bonds is 3. The zero-order valence-corrected chi connectivity index (χ0v) is 25.6. The Morgan fingerprint density at radius 2 is 1.71 bits per heavy atom. The van der Waals surface area contributed by atoms with Crippen LogP contribution in [0.1, 0.15) is 28.7 Å². The van der Waals surface area contributed by atoms with Crippen molar-refractivity contribution < 1.29 is 34.8 Å². The number of nitrogens with two attached hydrogens (primary N) is 1. The zero-order valence-electron chi connectivity index (χ0n) is 23.4. The molecule has 2 aromatic rings. The molecule has 1 fully saturated rings. The van der Waals surface area contributed by atoms with Gasteiger partial charge in [-0.3, -0.25) is 19.3 Å². The molecular formula is C31H30IN3O7. The van der Waals surface area contributed by atoms with Crippen LogP contribution in [0.2, 0.25) is 0 Å². The van der Waals surface area contributed by atoms with E-state index in [1.807, 2.05) is 29.2 Å². The maximum absolute atomic E-state index is 14.1. The van der Waals surface area contributed by atoms with Gasteiger partial charge in [-0.15, -0.1) is 0 Å². The number of nitrogens with zero attached hydrogens (tertiary/aromatic N) is 2. The van der Waals surface area contributed by atoms with E-state index in [0.717, 1.165) is 3.57 Å². The molecule has 0 aliphatic heterocycles. The Bertz CT molecular complexity index is 1680. The molecule has 3 aliphatic rings. The molecule has 0 unspecified atom stereocenters. The second kappa shape index (κ2) is 10.4. The third-order valence-electron chi connectivity index (χ3n) is 8.36. The lowest BCUT2D eigenvalue weighted by Gasteiger charge is -2.50. The highest BCUT2D eigenvalue weighted by molar-refractivity contribution is 14.1. The Morgan fingerprint density at radius 3 is 2.29 bits per heavy atom. The molecule has 3 aliphatic carbocycles. The topological polar surface area (TPSA) is 165 Å². The van der Waals surface area contributed by atoms with Crippen LogP contribution >= 0.6 is 22.6 Å². The van der Waals surface area contributed by atoms with Gasteiger partial charge in [-0.2, -0.15) is 0 Å². The summed E-state index contributed by atoms with van der Waals surface area (Å²) < 4.78 is 1.04. The Balaban J connectivity index is 1.72. The average Bonchev–Trinajstić information content (AvgIpc) is 2.90. The number of hydrogen-bond acceptors (Lipinski definition) is 9. The number of Topliss-reactive ketones (excluding diaryl/α,β-unsaturated/α-hetero) is 2. The summed E-state index contributed by atoms with van der Waals surface area (Å²) in [4.78, 5) is 42.8. The maximum Gasteiger partial charge on any atom is 0.255 e. The summed E-state index contributed by atoms with van der Waals surface area (Å²) in [7, 11) is 6.74. The Morgan fingerprint density at radius 1 is 1.07 bits per heavy atom. The van der Waals surface area contributed by atoms with E-state index >= 15 is 0 Å². The van der Waals surface area contributed by atoms with Gasteiger partial charge in [0.1, 0.15) is 22.8 Å². The van der Waals surface area contributed by atoms with Crippen molar-refractivity contribution in [2.45, 2.75) is 24.5 Å². The maximum atomic E-state index is 14.1. The molecule has 1 amide bonds. The first kappa shape index (κ1) is 29.6. The normalized spacial score (nSPS) is 25.0. The van der Waals surface area contributed by atoms with Gasteiger partial charge in [-0.1, -0.05) is 11.8 Å². The van der Waals surface area contributed by atoms with Crippen LogP contribution in [0.25, 0.3) is 5.76 Å². The number of fused-ring (bicyclic) bond motifs is 3. The van der Waals surface area contributed by atoms with Crippen LogP contribution in [0.15, 0.2) is 47.2 Å². The number of hydrogen-bond donors (Lipinski definition) is 5. The van der Waals surface area contributed by atoms with E-state index in [9.17, 15) is 34.8 Å². The Hall–Kier alpha value is -3.86. The van der Waals surface area contributed by atoms with Crippen molar-refractivity contribution >= 4 is 51.5 Å². The molecule has 0 heterocycles. The first-order chi connectivity index (χ1) is 19.7. The molecule has 10 nitrogen and oxygen atoms in total. The number of benzene rings is 2. The number of likely N-dealkylation sites (N-methyl/N-ethyl adjacent to an activating group) is 1. The van der Waals surface area contributed by atoms with Gasteiger partial charge < -0.3 is 31.1 Å². The standard InChI is InChI=1S/C31H30IN3O7/c1-34(2)20-13-15(8-5-14-6-9-17(32)10-7-14)25(36)22-18(20)11-16-12-19-24(35(3)4)27(38)23(30(33)41)29(40)31(19,42)28(39)21(16)26(22)37/h6-7,9-10,13,16,19,24,36-37,40,42H,11-12H2,1-4H3,(H2,33,41)/t16-,19-,24-,31-/m0/s1. The van der Waals surface area contributed by atoms with Crippen molar-refractivity contribution in [2.24, 2.45) is 17.6 Å². The minimum Gasteiger partial charge on any atom is -0.508 e. The Kier molecular flexibility index (Phi) is 7.37. The molecule has 4 atom stereocenters. The molecule has 1 saturated carbocycles. The monoisotopic (exact) mass is 683 g/mol. The van der Waals surface area contributed by atoms with Crippen molar-refractivity contribution in [3.05, 3.63) is 73.1 Å². The van der Waals surface area contributed by atoms with E-state index in [-0.39, 0.29) is 35.3 Å². The third-order valence-corrected chi connectivity index (χ3v) is 9.08. The predicted molar refractivity (Wildman–Crippen MR) is 164 cm³/mol. The molecule has 0 saturated heterocycles. The van der Waals surface area contributed by atoms with Crippen LogP contribution in [-0.4, -0.2) is 82.6 Å². The molecule has 11 heteroatoms. The lowest BCUT2D eigenvalue weighted by Crippen LogP contribution is -2.65. The van der Waals surface area contributed by atoms with Crippen LogP contribution in [0.4, 0.5) is 5.69 Å². The van der Waals surface area contributed by atoms with Crippen LogP contribution in [0, 0.1) is 27.2 Å². The fourth-order valence-electron chi connectivity index (χ4n) is 6.46. The molecule has 2 aromatic carbocycles. The SMILES string of the molecule is CN(C)c1cc(C#Cc2ccc(I)cc2)c(O)c2c1C[C@H]1C[C@H]3[C@H](N(C)C)C(=O)C(C(N)=O)=C(O)[C@@]3(O)C(=O)C1=C2O. The number of aromatic hydroxyl groups is 1. The van der Waals surface area contributed by atoms with E-state index < -0.39 is 58.0 Å². The van der Waals surface area contributed by atoms with Gasteiger partial charge in [0.05, 0.1) is 17.2 Å². The van der Waals surface area contributed by atoms with Crippen molar-refractivity contribution in [2.75, 3.05) is 33.1 Å². The number of primary amides is 1. The van der Waals surface area contributed by atoms with E-state index in [0.29, 0.717) is 16.8 Å². The number of aliphatic hydroxyl groups is 3. The molecule has 0 radical (unpaired) electrons. The molecule has 42 heavy (non-hydrogen) atoms. The van der Waals surface area contributed by atoms with E-state index in [2.05, 4.69) is 34.4 Å². The number of ketones is 2. The molecule has 5 rings (SSSR count). The van der Waals surface area contributed by atoms with E-state index in [4.69, 9.17) is 5.73 Å². The molecule has 0 bridgehead atoms. The number of carbonyl (C=O) groups is 3. The number of halogens is 1. The van der Waals surface area contributed by atoms with Crippen LogP contribution in [-0.2, 0) is 20.8 Å². The quantitative estimate of drug-likeness (QED) is 0.185. The smallest absolute Gasteiger partial charge is 0.255 e. The highest BCUT2D eigenvalue weighted by Gasteiger charge is 2.64. The van der Waals surface area contributed by atoms with Crippen LogP contribution in [0.3, 0.4) is 0 Å². The lowest BCUT2D eigenvalue weighted by molar-refractivity contribution is -0.153. The van der Waals surface area contributed by atoms with E-state index in [1.165, 1.54) is 4.90 Å². The van der Waals surface area contributed by atoms with Gasteiger partial charge in [0.15, 0.2) is 11.4 Å². The fraction of sp³-hybridized carbons (Fsp3) is 0.323. The second-order valence-electron chi connectivity index (χ2n) is 11.3. The van der Waals surface area contributed by atoms with Gasteiger partial charge in [0.2, 0.25) is 5.78 Å². The van der Waals surface area contributed by atoms with Crippen molar-refractivity contribution in [1.82, 2.24) is 4.90 Å². The number of anilines is 1. The molecule has 0 spiro atoms. The van der Waals surface area contributed by atoms with Crippen molar-refractivity contribution in [3.8, 4) is 17.6 Å². The number of phenols is 1. The zero-order chi connectivity index (χ0) is 30.8. The predicted octanol–water partition coefficient (Wildman–Crippen LogP) is 2.03. The minimum atomic E-state index is -2.69. The van der Waals surface area contributed by atoms with Gasteiger partial charge in [-0.25, -0.2) is 0 Å². The second-order valence-corrected chi connectivity index (χ2v) is 12.5. The summed E-state index contributed by atoms with van der Waals surface area (Å²) >= 11 is 2.19. The van der Waals surface area contributed by atoms with Crippen LogP contribution < -0.4 is 10.6 Å². The molecule has 218 valence electrons. The number of carbonyl (C=O) groups excluding carboxylic acids is 3. The third kappa shape index (κ3) is 4.36. The van der Waals surface area contributed by atoms with Gasteiger partial charge in [0.25, 0.3) is 5.91 Å². The number of aliphatic hydroxyl groups excluding tert-OH is 2. The average molecular weight is 683 g/mol. The summed E-state index contributed by atoms with van der Waals surface area (Å²) in [5, 5.41) is 45.8.